The second kappa shape index (κ2) is 7.49. The number of carboxylic acids is 1. The molecule has 2 aromatic rings. The van der Waals surface area contributed by atoms with E-state index in [2.05, 4.69) is 5.32 Å². The third-order valence-corrected chi connectivity index (χ3v) is 3.44. The highest BCUT2D eigenvalue weighted by Crippen LogP contribution is 2.13. The van der Waals surface area contributed by atoms with Crippen LogP contribution in [0.15, 0.2) is 40.8 Å². The Balaban J connectivity index is 1.84. The molecule has 1 unspecified atom stereocenters. The van der Waals surface area contributed by atoms with E-state index in [9.17, 15) is 9.59 Å². The Morgan fingerprint density at radius 2 is 1.83 bits per heavy atom. The number of carbonyl (C=O) groups excluding carboxylic acids is 1. The van der Waals surface area contributed by atoms with E-state index in [-0.39, 0.29) is 17.6 Å². The Bertz CT molecular complexity index is 675. The molecule has 1 aromatic heterocycles. The van der Waals surface area contributed by atoms with Crippen molar-refractivity contribution in [1.82, 2.24) is 5.32 Å². The number of benzene rings is 1. The smallest absolute Gasteiger partial charge is 0.371 e. The van der Waals surface area contributed by atoms with E-state index >= 15 is 0 Å². The first-order valence-electron chi connectivity index (χ1n) is 7.26. The molecule has 0 radical (unpaired) electrons. The minimum absolute atomic E-state index is 0.00121. The summed E-state index contributed by atoms with van der Waals surface area (Å²) in [5.74, 6) is -1.06. The lowest BCUT2D eigenvalue weighted by molar-refractivity contribution is 0.0659. The molecule has 122 valence electrons. The maximum Gasteiger partial charge on any atom is 0.371 e. The topological polar surface area (TPSA) is 88.8 Å². The maximum absolute atomic E-state index is 12.0. The van der Waals surface area contributed by atoms with Crippen molar-refractivity contribution in [3.63, 3.8) is 0 Å². The lowest BCUT2D eigenvalue weighted by atomic mass is 10.1. The predicted octanol–water partition coefficient (Wildman–Crippen LogP) is 2.74. The highest BCUT2D eigenvalue weighted by atomic mass is 16.5. The number of ether oxygens (including phenoxy) is 1. The second-order valence-electron chi connectivity index (χ2n) is 5.23. The van der Waals surface area contributed by atoms with Gasteiger partial charge in [0.25, 0.3) is 5.91 Å². The summed E-state index contributed by atoms with van der Waals surface area (Å²) in [4.78, 5) is 22.7. The fraction of sp³-hybridized carbons (Fsp3) is 0.294. The molecule has 23 heavy (non-hydrogen) atoms. The molecule has 0 bridgehead atoms. The number of carboxylic acid groups (broad SMARTS) is 1. The highest BCUT2D eigenvalue weighted by Gasteiger charge is 2.16. The minimum atomic E-state index is -1.20. The monoisotopic (exact) mass is 317 g/mol. The van der Waals surface area contributed by atoms with Crippen LogP contribution < -0.4 is 10.1 Å². The van der Waals surface area contributed by atoms with E-state index in [4.69, 9.17) is 14.3 Å². The number of amides is 1. The molecule has 0 aliphatic carbocycles. The SMILES string of the molecule is COc1ccc(CCC(C)NC(=O)c2ccc(C(=O)O)o2)cc1. The molecule has 2 N–H and O–H groups in total. The van der Waals surface area contributed by atoms with Crippen molar-refractivity contribution in [2.75, 3.05) is 7.11 Å². The van der Waals surface area contributed by atoms with Gasteiger partial charge in [0.15, 0.2) is 5.76 Å². The lowest BCUT2D eigenvalue weighted by Gasteiger charge is -2.13. The van der Waals surface area contributed by atoms with E-state index in [0.717, 1.165) is 24.2 Å². The average molecular weight is 317 g/mol. The molecule has 6 heteroatoms. The summed E-state index contributed by atoms with van der Waals surface area (Å²) in [6.07, 6.45) is 1.56. The molecule has 2 rings (SSSR count). The van der Waals surface area contributed by atoms with Gasteiger partial charge in [0.1, 0.15) is 5.75 Å². The summed E-state index contributed by atoms with van der Waals surface area (Å²) >= 11 is 0. The Labute approximate surface area is 134 Å². The molecule has 1 amide bonds. The van der Waals surface area contributed by atoms with E-state index in [1.807, 2.05) is 31.2 Å². The van der Waals surface area contributed by atoms with E-state index in [1.165, 1.54) is 12.1 Å². The van der Waals surface area contributed by atoms with E-state index in [0.29, 0.717) is 0 Å². The molecule has 6 nitrogen and oxygen atoms in total. The first kappa shape index (κ1) is 16.6. The van der Waals surface area contributed by atoms with Crippen molar-refractivity contribution in [2.45, 2.75) is 25.8 Å². The molecule has 0 saturated heterocycles. The van der Waals surface area contributed by atoms with Crippen molar-refractivity contribution in [3.05, 3.63) is 53.5 Å². The fourth-order valence-corrected chi connectivity index (χ4v) is 2.12. The molecule has 1 heterocycles. The van der Waals surface area contributed by atoms with Crippen molar-refractivity contribution in [1.29, 1.82) is 0 Å². The number of aryl methyl sites for hydroxylation is 1. The van der Waals surface area contributed by atoms with Gasteiger partial charge in [0.05, 0.1) is 7.11 Å². The van der Waals surface area contributed by atoms with Gasteiger partial charge in [-0.1, -0.05) is 12.1 Å². The van der Waals surface area contributed by atoms with Gasteiger partial charge in [-0.05, 0) is 49.6 Å². The Morgan fingerprint density at radius 1 is 1.17 bits per heavy atom. The molecule has 0 saturated carbocycles. The van der Waals surface area contributed by atoms with Crippen LogP contribution in [-0.4, -0.2) is 30.1 Å². The van der Waals surface area contributed by atoms with Crippen LogP contribution in [0.2, 0.25) is 0 Å². The van der Waals surface area contributed by atoms with Crippen molar-refractivity contribution in [3.8, 4) is 5.75 Å². The Morgan fingerprint density at radius 3 is 2.39 bits per heavy atom. The van der Waals surface area contributed by atoms with Gasteiger partial charge in [0.2, 0.25) is 5.76 Å². The summed E-state index contributed by atoms with van der Waals surface area (Å²) in [5, 5.41) is 11.6. The molecule has 0 fully saturated rings. The molecule has 1 aromatic carbocycles. The summed E-state index contributed by atoms with van der Waals surface area (Å²) in [6, 6.07) is 10.3. The first-order chi connectivity index (χ1) is 11.0. The summed E-state index contributed by atoms with van der Waals surface area (Å²) in [6.45, 7) is 1.89. The standard InChI is InChI=1S/C17H19NO5/c1-11(3-4-12-5-7-13(22-2)8-6-12)18-16(19)14-9-10-15(23-14)17(20)21/h5-11H,3-4H2,1-2H3,(H,18,19)(H,20,21). The van der Waals surface area contributed by atoms with Crippen LogP contribution in [0.4, 0.5) is 0 Å². The van der Waals surface area contributed by atoms with Gasteiger partial charge >= 0.3 is 5.97 Å². The average Bonchev–Trinajstić information content (AvgIpc) is 3.04. The number of methoxy groups -OCH3 is 1. The van der Waals surface area contributed by atoms with E-state index in [1.54, 1.807) is 7.11 Å². The predicted molar refractivity (Wildman–Crippen MR) is 83.9 cm³/mol. The number of nitrogens with one attached hydrogen (secondary N) is 1. The fourth-order valence-electron chi connectivity index (χ4n) is 2.12. The second-order valence-corrected chi connectivity index (χ2v) is 5.23. The van der Waals surface area contributed by atoms with Gasteiger partial charge in [-0.25, -0.2) is 4.79 Å². The third kappa shape index (κ3) is 4.60. The quantitative estimate of drug-likeness (QED) is 0.819. The molecular formula is C17H19NO5. The molecular weight excluding hydrogens is 298 g/mol. The molecule has 1 atom stereocenters. The Hall–Kier alpha value is -2.76. The number of hydrogen-bond donors (Lipinski definition) is 2. The number of hydrogen-bond acceptors (Lipinski definition) is 4. The molecule has 0 spiro atoms. The molecule has 0 aliphatic heterocycles. The van der Waals surface area contributed by atoms with Gasteiger partial charge in [-0.15, -0.1) is 0 Å². The number of carbonyl (C=O) groups is 2. The molecule has 0 aliphatic rings. The Kier molecular flexibility index (Phi) is 5.41. The third-order valence-electron chi connectivity index (χ3n) is 3.44. The van der Waals surface area contributed by atoms with Crippen LogP contribution >= 0.6 is 0 Å². The van der Waals surface area contributed by atoms with Crippen LogP contribution in [0.5, 0.6) is 5.75 Å². The zero-order chi connectivity index (χ0) is 16.8. The number of furan rings is 1. The maximum atomic E-state index is 12.0. The van der Waals surface area contributed by atoms with Crippen LogP contribution in [0.25, 0.3) is 0 Å². The van der Waals surface area contributed by atoms with Crippen LogP contribution in [0.3, 0.4) is 0 Å². The van der Waals surface area contributed by atoms with Crippen molar-refractivity contribution in [2.24, 2.45) is 0 Å². The summed E-state index contributed by atoms with van der Waals surface area (Å²) in [7, 11) is 1.62. The largest absolute Gasteiger partial charge is 0.497 e. The zero-order valence-corrected chi connectivity index (χ0v) is 13.0. The normalized spacial score (nSPS) is 11.7. The van der Waals surface area contributed by atoms with Crippen LogP contribution in [0.1, 0.15) is 40.0 Å². The number of aromatic carboxylic acids is 1. The zero-order valence-electron chi connectivity index (χ0n) is 13.0. The minimum Gasteiger partial charge on any atom is -0.497 e. The van der Waals surface area contributed by atoms with Crippen LogP contribution in [0, 0.1) is 0 Å². The van der Waals surface area contributed by atoms with Crippen molar-refractivity contribution >= 4 is 11.9 Å². The van der Waals surface area contributed by atoms with Crippen LogP contribution in [-0.2, 0) is 6.42 Å². The van der Waals surface area contributed by atoms with Gasteiger partial charge in [0, 0.05) is 6.04 Å². The summed E-state index contributed by atoms with van der Waals surface area (Å²) in [5.41, 5.74) is 1.15. The summed E-state index contributed by atoms with van der Waals surface area (Å²) < 4.78 is 10.1. The highest BCUT2D eigenvalue weighted by molar-refractivity contribution is 5.93. The number of rotatable bonds is 7. The van der Waals surface area contributed by atoms with Gasteiger partial charge in [-0.3, -0.25) is 4.79 Å². The van der Waals surface area contributed by atoms with Crippen molar-refractivity contribution < 1.29 is 23.8 Å². The van der Waals surface area contributed by atoms with E-state index < -0.39 is 11.9 Å². The first-order valence-corrected chi connectivity index (χ1v) is 7.26. The van der Waals surface area contributed by atoms with Gasteiger partial charge in [-0.2, -0.15) is 0 Å². The van der Waals surface area contributed by atoms with Gasteiger partial charge < -0.3 is 19.6 Å². The lowest BCUT2D eigenvalue weighted by Crippen LogP contribution is -2.32.